The highest BCUT2D eigenvalue weighted by Crippen LogP contribution is 2.28. The number of aromatic nitrogens is 3. The van der Waals surface area contributed by atoms with Crippen molar-refractivity contribution < 1.29 is 0 Å². The zero-order valence-corrected chi connectivity index (χ0v) is 10.9. The van der Waals surface area contributed by atoms with Crippen LogP contribution in [0.1, 0.15) is 20.8 Å². The lowest BCUT2D eigenvalue weighted by atomic mass is 10.1. The monoisotopic (exact) mass is 239 g/mol. The van der Waals surface area contributed by atoms with Gasteiger partial charge >= 0.3 is 0 Å². The third-order valence-corrected chi connectivity index (χ3v) is 3.14. The minimum Gasteiger partial charge on any atom is -0.360 e. The van der Waals surface area contributed by atoms with Gasteiger partial charge in [-0.2, -0.15) is 5.10 Å². The number of aromatic amines is 1. The van der Waals surface area contributed by atoms with E-state index in [0.717, 1.165) is 16.8 Å². The Morgan fingerprint density at radius 1 is 1.11 bits per heavy atom. The summed E-state index contributed by atoms with van der Waals surface area (Å²) in [6.45, 7) is 6.46. The topological polar surface area (TPSA) is 33.6 Å². The van der Waals surface area contributed by atoms with Gasteiger partial charge in [0.15, 0.2) is 0 Å². The Labute approximate surface area is 106 Å². The van der Waals surface area contributed by atoms with Gasteiger partial charge in [0.25, 0.3) is 0 Å². The van der Waals surface area contributed by atoms with Gasteiger partial charge in [-0.05, 0) is 32.9 Å². The number of hydrogen-bond acceptors (Lipinski definition) is 1. The number of rotatable bonds is 1. The third kappa shape index (κ3) is 1.72. The van der Waals surface area contributed by atoms with E-state index >= 15 is 0 Å². The molecule has 0 saturated heterocycles. The van der Waals surface area contributed by atoms with Crippen LogP contribution in [0.4, 0.5) is 0 Å². The molecule has 0 atom stereocenters. The molecule has 0 aliphatic heterocycles. The summed E-state index contributed by atoms with van der Waals surface area (Å²) in [6.07, 6.45) is 4.07. The van der Waals surface area contributed by atoms with Crippen LogP contribution in [0.2, 0.25) is 0 Å². The first kappa shape index (κ1) is 11.1. The Morgan fingerprint density at radius 2 is 1.89 bits per heavy atom. The summed E-state index contributed by atoms with van der Waals surface area (Å²) in [4.78, 5) is 3.29. The molecule has 0 amide bonds. The van der Waals surface area contributed by atoms with Gasteiger partial charge in [0.2, 0.25) is 0 Å². The van der Waals surface area contributed by atoms with E-state index in [-0.39, 0.29) is 5.54 Å². The number of hydrogen-bond donors (Lipinski definition) is 1. The molecule has 0 saturated carbocycles. The lowest BCUT2D eigenvalue weighted by Crippen LogP contribution is -2.22. The van der Waals surface area contributed by atoms with Gasteiger partial charge in [0.05, 0.1) is 11.2 Å². The van der Waals surface area contributed by atoms with Crippen LogP contribution < -0.4 is 0 Å². The van der Waals surface area contributed by atoms with Gasteiger partial charge < -0.3 is 4.98 Å². The van der Waals surface area contributed by atoms with Gasteiger partial charge in [-0.1, -0.05) is 18.2 Å². The normalized spacial score (nSPS) is 12.2. The van der Waals surface area contributed by atoms with Gasteiger partial charge in [0.1, 0.15) is 0 Å². The van der Waals surface area contributed by atoms with Crippen LogP contribution in [0.3, 0.4) is 0 Å². The highest BCUT2D eigenvalue weighted by molar-refractivity contribution is 5.94. The van der Waals surface area contributed by atoms with Crippen LogP contribution in [-0.4, -0.2) is 14.8 Å². The van der Waals surface area contributed by atoms with E-state index in [1.54, 1.807) is 0 Å². The molecule has 0 aliphatic rings. The fourth-order valence-electron chi connectivity index (χ4n) is 2.12. The second kappa shape index (κ2) is 3.73. The predicted molar refractivity (Wildman–Crippen MR) is 74.5 cm³/mol. The molecular weight excluding hydrogens is 222 g/mol. The quantitative estimate of drug-likeness (QED) is 0.688. The Bertz CT molecular complexity index is 683. The van der Waals surface area contributed by atoms with Crippen LogP contribution in [0.5, 0.6) is 0 Å². The number of nitrogens with one attached hydrogen (secondary N) is 1. The van der Waals surface area contributed by atoms with E-state index in [0.29, 0.717) is 0 Å². The molecule has 3 rings (SSSR count). The smallest absolute Gasteiger partial charge is 0.0944 e. The largest absolute Gasteiger partial charge is 0.360 e. The van der Waals surface area contributed by atoms with Crippen LogP contribution in [0.15, 0.2) is 42.7 Å². The van der Waals surface area contributed by atoms with Gasteiger partial charge in [-0.25, -0.2) is 0 Å². The van der Waals surface area contributed by atoms with E-state index < -0.39 is 0 Å². The standard InChI is InChI=1S/C15H17N3/c1-15(2,3)18-9-8-14(17-18)12-10-16-13-7-5-4-6-11(12)13/h4-10,16H,1-3H3. The number of fused-ring (bicyclic) bond motifs is 1. The number of para-hydroxylation sites is 1. The van der Waals surface area contributed by atoms with Gasteiger partial charge in [-0.3, -0.25) is 4.68 Å². The Kier molecular flexibility index (Phi) is 2.30. The summed E-state index contributed by atoms with van der Waals surface area (Å²) >= 11 is 0. The average Bonchev–Trinajstić information content (AvgIpc) is 2.94. The molecule has 3 nitrogen and oxygen atoms in total. The van der Waals surface area contributed by atoms with Crippen molar-refractivity contribution >= 4 is 10.9 Å². The number of H-pyrrole nitrogens is 1. The zero-order valence-electron chi connectivity index (χ0n) is 10.9. The first-order valence-corrected chi connectivity index (χ1v) is 6.18. The maximum atomic E-state index is 4.67. The summed E-state index contributed by atoms with van der Waals surface area (Å²) in [7, 11) is 0. The second-order valence-corrected chi connectivity index (χ2v) is 5.56. The summed E-state index contributed by atoms with van der Waals surface area (Å²) in [5.74, 6) is 0. The molecule has 0 spiro atoms. The second-order valence-electron chi connectivity index (χ2n) is 5.56. The molecule has 3 heteroatoms. The first-order chi connectivity index (χ1) is 8.55. The lowest BCUT2D eigenvalue weighted by molar-refractivity contribution is 0.356. The minimum absolute atomic E-state index is 0.0182. The summed E-state index contributed by atoms with van der Waals surface area (Å²) in [5.41, 5.74) is 3.35. The van der Waals surface area contributed by atoms with Gasteiger partial charge in [0, 0.05) is 28.9 Å². The molecule has 92 valence electrons. The molecular formula is C15H17N3. The highest BCUT2D eigenvalue weighted by Gasteiger charge is 2.15. The molecule has 0 aliphatic carbocycles. The molecule has 18 heavy (non-hydrogen) atoms. The van der Waals surface area contributed by atoms with E-state index in [9.17, 15) is 0 Å². The van der Waals surface area contributed by atoms with Crippen LogP contribution in [0.25, 0.3) is 22.2 Å². The fraction of sp³-hybridized carbons (Fsp3) is 0.267. The van der Waals surface area contributed by atoms with Crippen molar-refractivity contribution in [3.8, 4) is 11.3 Å². The Balaban J connectivity index is 2.13. The Morgan fingerprint density at radius 3 is 2.61 bits per heavy atom. The molecule has 0 unspecified atom stereocenters. The molecule has 2 aromatic heterocycles. The van der Waals surface area contributed by atoms with E-state index in [4.69, 9.17) is 0 Å². The fourth-order valence-corrected chi connectivity index (χ4v) is 2.12. The minimum atomic E-state index is 0.0182. The summed E-state index contributed by atoms with van der Waals surface area (Å²) in [5, 5.41) is 5.89. The zero-order chi connectivity index (χ0) is 12.8. The van der Waals surface area contributed by atoms with Gasteiger partial charge in [-0.15, -0.1) is 0 Å². The lowest BCUT2D eigenvalue weighted by Gasteiger charge is -2.18. The van der Waals surface area contributed by atoms with Crippen molar-refractivity contribution in [1.29, 1.82) is 0 Å². The van der Waals surface area contributed by atoms with Crippen molar-refractivity contribution in [3.63, 3.8) is 0 Å². The predicted octanol–water partition coefficient (Wildman–Crippen LogP) is 3.79. The molecule has 0 radical (unpaired) electrons. The number of benzene rings is 1. The molecule has 1 aromatic carbocycles. The van der Waals surface area contributed by atoms with Crippen molar-refractivity contribution in [1.82, 2.24) is 14.8 Å². The molecule has 0 fully saturated rings. The van der Waals surface area contributed by atoms with Crippen LogP contribution >= 0.6 is 0 Å². The van der Waals surface area contributed by atoms with E-state index in [2.05, 4.69) is 55.1 Å². The van der Waals surface area contributed by atoms with Crippen LogP contribution in [-0.2, 0) is 5.54 Å². The van der Waals surface area contributed by atoms with Crippen molar-refractivity contribution in [2.24, 2.45) is 0 Å². The average molecular weight is 239 g/mol. The maximum Gasteiger partial charge on any atom is 0.0944 e. The van der Waals surface area contributed by atoms with Crippen LogP contribution in [0, 0.1) is 0 Å². The molecule has 2 heterocycles. The molecule has 0 bridgehead atoms. The molecule has 3 aromatic rings. The third-order valence-electron chi connectivity index (χ3n) is 3.14. The van der Waals surface area contributed by atoms with E-state index in [1.165, 1.54) is 5.39 Å². The summed E-state index contributed by atoms with van der Waals surface area (Å²) in [6, 6.07) is 10.4. The highest BCUT2D eigenvalue weighted by atomic mass is 15.3. The van der Waals surface area contributed by atoms with Crippen molar-refractivity contribution in [2.45, 2.75) is 26.3 Å². The number of nitrogens with zero attached hydrogens (tertiary/aromatic N) is 2. The van der Waals surface area contributed by atoms with Crippen molar-refractivity contribution in [3.05, 3.63) is 42.7 Å². The first-order valence-electron chi connectivity index (χ1n) is 6.18. The van der Waals surface area contributed by atoms with E-state index in [1.807, 2.05) is 23.1 Å². The maximum absolute atomic E-state index is 4.67. The molecule has 1 N–H and O–H groups in total. The summed E-state index contributed by atoms with van der Waals surface area (Å²) < 4.78 is 2.00. The SMILES string of the molecule is CC(C)(C)n1ccc(-c2c[nH]c3ccccc23)n1. The van der Waals surface area contributed by atoms with Crippen molar-refractivity contribution in [2.75, 3.05) is 0 Å². The Hall–Kier alpha value is -2.03.